The Kier molecular flexibility index (Phi) is 4.56. The van der Waals surface area contributed by atoms with Gasteiger partial charge in [0.05, 0.1) is 0 Å². The van der Waals surface area contributed by atoms with Crippen LogP contribution < -0.4 is 10.6 Å². The van der Waals surface area contributed by atoms with Crippen LogP contribution in [-0.4, -0.2) is 12.6 Å². The Balaban J connectivity index is 2.89. The molecule has 0 aliphatic heterocycles. The van der Waals surface area contributed by atoms with Gasteiger partial charge in [0.2, 0.25) is 0 Å². The predicted molar refractivity (Wildman–Crippen MR) is 71.7 cm³/mol. The lowest BCUT2D eigenvalue weighted by Crippen LogP contribution is -2.30. The summed E-state index contributed by atoms with van der Waals surface area (Å²) in [7, 11) is 0. The minimum absolute atomic E-state index is 0.0981. The molecule has 2 heteroatoms. The summed E-state index contributed by atoms with van der Waals surface area (Å²) in [5.41, 5.74) is 8.22. The molecule has 0 aliphatic rings. The zero-order valence-electron chi connectivity index (χ0n) is 10.5. The normalized spacial score (nSPS) is 12.6. The number of nitrogens with two attached hydrogens (primary N) is 1. The van der Waals surface area contributed by atoms with Gasteiger partial charge in [0.1, 0.15) is 0 Å². The number of nitrogens with zero attached hydrogens (tertiary/aromatic N) is 1. The fraction of sp³-hybridized carbons (Fsp3) is 0.429. The summed E-state index contributed by atoms with van der Waals surface area (Å²) in [6, 6.07) is 9.02. The topological polar surface area (TPSA) is 29.3 Å². The maximum absolute atomic E-state index is 5.83. The number of anilines is 1. The van der Waals surface area contributed by atoms with Crippen molar-refractivity contribution in [1.29, 1.82) is 0 Å². The fourth-order valence-corrected chi connectivity index (χ4v) is 1.72. The van der Waals surface area contributed by atoms with E-state index in [0.29, 0.717) is 6.04 Å². The van der Waals surface area contributed by atoms with Crippen LogP contribution in [0.3, 0.4) is 0 Å². The molecule has 0 unspecified atom stereocenters. The molecule has 0 radical (unpaired) electrons. The highest BCUT2D eigenvalue weighted by molar-refractivity contribution is 5.49. The molecule has 16 heavy (non-hydrogen) atoms. The van der Waals surface area contributed by atoms with Gasteiger partial charge >= 0.3 is 0 Å². The van der Waals surface area contributed by atoms with Gasteiger partial charge < -0.3 is 10.6 Å². The van der Waals surface area contributed by atoms with E-state index in [1.807, 2.05) is 13.0 Å². The van der Waals surface area contributed by atoms with Crippen molar-refractivity contribution in [2.45, 2.75) is 32.9 Å². The molecule has 0 aromatic heterocycles. The van der Waals surface area contributed by atoms with E-state index >= 15 is 0 Å². The van der Waals surface area contributed by atoms with Crippen molar-refractivity contribution in [3.05, 3.63) is 42.5 Å². The first-order valence-corrected chi connectivity index (χ1v) is 5.79. The number of hydrogen-bond acceptors (Lipinski definition) is 2. The molecular weight excluding hydrogens is 196 g/mol. The molecule has 2 nitrogen and oxygen atoms in total. The Morgan fingerprint density at radius 2 is 1.81 bits per heavy atom. The molecule has 1 aromatic carbocycles. The third kappa shape index (κ3) is 3.11. The molecule has 0 aliphatic carbocycles. The van der Waals surface area contributed by atoms with Crippen LogP contribution in [0.4, 0.5) is 5.69 Å². The van der Waals surface area contributed by atoms with Crippen molar-refractivity contribution in [2.75, 3.05) is 11.4 Å². The smallest absolute Gasteiger partial charge is 0.0371 e. The van der Waals surface area contributed by atoms with Crippen molar-refractivity contribution in [2.24, 2.45) is 5.73 Å². The van der Waals surface area contributed by atoms with Gasteiger partial charge in [0.25, 0.3) is 0 Å². The highest BCUT2D eigenvalue weighted by atomic mass is 15.1. The van der Waals surface area contributed by atoms with E-state index in [4.69, 9.17) is 5.73 Å². The van der Waals surface area contributed by atoms with E-state index in [9.17, 15) is 0 Å². The third-order valence-corrected chi connectivity index (χ3v) is 2.70. The first kappa shape index (κ1) is 12.8. The largest absolute Gasteiger partial charge is 0.365 e. The van der Waals surface area contributed by atoms with E-state index in [1.165, 1.54) is 11.3 Å². The molecule has 2 N–H and O–H groups in total. The molecule has 88 valence electrons. The van der Waals surface area contributed by atoms with Gasteiger partial charge in [-0.3, -0.25) is 0 Å². The van der Waals surface area contributed by atoms with E-state index in [-0.39, 0.29) is 6.04 Å². The summed E-state index contributed by atoms with van der Waals surface area (Å²) >= 11 is 0. The minimum atomic E-state index is 0.0981. The molecule has 1 aromatic rings. The first-order valence-electron chi connectivity index (χ1n) is 5.79. The fourth-order valence-electron chi connectivity index (χ4n) is 1.72. The van der Waals surface area contributed by atoms with Crippen molar-refractivity contribution in [1.82, 2.24) is 0 Å². The summed E-state index contributed by atoms with van der Waals surface area (Å²) < 4.78 is 0. The Hall–Kier alpha value is -1.28. The Bertz CT molecular complexity index is 325. The quantitative estimate of drug-likeness (QED) is 0.769. The maximum atomic E-state index is 5.83. The molecular formula is C14H22N2. The number of benzene rings is 1. The first-order chi connectivity index (χ1) is 7.56. The van der Waals surface area contributed by atoms with Crippen LogP contribution in [0, 0.1) is 0 Å². The second kappa shape index (κ2) is 5.71. The lowest BCUT2D eigenvalue weighted by Gasteiger charge is -2.28. The van der Waals surface area contributed by atoms with E-state index in [0.717, 1.165) is 6.54 Å². The van der Waals surface area contributed by atoms with E-state index in [2.05, 4.69) is 49.6 Å². The van der Waals surface area contributed by atoms with Gasteiger partial charge in [-0.25, -0.2) is 0 Å². The molecule has 0 bridgehead atoms. The molecule has 0 saturated heterocycles. The monoisotopic (exact) mass is 218 g/mol. The summed E-state index contributed by atoms with van der Waals surface area (Å²) in [6.07, 6.45) is 1.93. The van der Waals surface area contributed by atoms with Crippen LogP contribution >= 0.6 is 0 Å². The molecule has 0 spiro atoms. The maximum Gasteiger partial charge on any atom is 0.0371 e. The Morgan fingerprint density at radius 1 is 1.25 bits per heavy atom. The standard InChI is InChI=1S/C14H22N2/c1-5-10-16(11(2)3)14-8-6-13(7-9-14)12(4)15/h5-9,11-12H,1,10,15H2,2-4H3/t12-/m0/s1. The second-order valence-electron chi connectivity index (χ2n) is 4.41. The van der Waals surface area contributed by atoms with Gasteiger partial charge in [-0.1, -0.05) is 18.2 Å². The molecule has 0 saturated carbocycles. The van der Waals surface area contributed by atoms with Crippen molar-refractivity contribution >= 4 is 5.69 Å². The van der Waals surface area contributed by atoms with Crippen molar-refractivity contribution in [3.63, 3.8) is 0 Å². The van der Waals surface area contributed by atoms with Gasteiger partial charge in [-0.15, -0.1) is 6.58 Å². The van der Waals surface area contributed by atoms with Crippen molar-refractivity contribution in [3.8, 4) is 0 Å². The molecule has 1 rings (SSSR count). The minimum Gasteiger partial charge on any atom is -0.365 e. The SMILES string of the molecule is C=CCN(c1ccc([C@H](C)N)cc1)C(C)C. The van der Waals surface area contributed by atoms with Crippen LogP contribution in [0.5, 0.6) is 0 Å². The average molecular weight is 218 g/mol. The van der Waals surface area contributed by atoms with Crippen LogP contribution in [0.2, 0.25) is 0 Å². The van der Waals surface area contributed by atoms with Crippen molar-refractivity contribution < 1.29 is 0 Å². The average Bonchev–Trinajstić information content (AvgIpc) is 2.25. The van der Waals surface area contributed by atoms with E-state index < -0.39 is 0 Å². The van der Waals surface area contributed by atoms with Crippen LogP contribution in [0.1, 0.15) is 32.4 Å². The second-order valence-corrected chi connectivity index (χ2v) is 4.41. The number of hydrogen-bond donors (Lipinski definition) is 1. The Labute approximate surface area is 98.8 Å². The Morgan fingerprint density at radius 3 is 2.19 bits per heavy atom. The van der Waals surface area contributed by atoms with Crippen LogP contribution in [0.15, 0.2) is 36.9 Å². The predicted octanol–water partition coefficient (Wildman–Crippen LogP) is 3.11. The lowest BCUT2D eigenvalue weighted by atomic mass is 10.1. The van der Waals surface area contributed by atoms with Gasteiger partial charge in [0.15, 0.2) is 0 Å². The van der Waals surface area contributed by atoms with Crippen LogP contribution in [-0.2, 0) is 0 Å². The van der Waals surface area contributed by atoms with Crippen LogP contribution in [0.25, 0.3) is 0 Å². The molecule has 0 amide bonds. The lowest BCUT2D eigenvalue weighted by molar-refractivity contribution is 0.722. The van der Waals surface area contributed by atoms with E-state index in [1.54, 1.807) is 0 Å². The summed E-state index contributed by atoms with van der Waals surface area (Å²) in [6.45, 7) is 11.0. The molecule has 0 heterocycles. The zero-order valence-corrected chi connectivity index (χ0v) is 10.5. The number of rotatable bonds is 5. The summed E-state index contributed by atoms with van der Waals surface area (Å²) in [4.78, 5) is 2.30. The highest BCUT2D eigenvalue weighted by Crippen LogP contribution is 2.19. The molecule has 0 fully saturated rings. The summed E-state index contributed by atoms with van der Waals surface area (Å²) in [5.74, 6) is 0. The third-order valence-electron chi connectivity index (χ3n) is 2.70. The molecule has 1 atom stereocenters. The van der Waals surface area contributed by atoms with Gasteiger partial charge in [0, 0.05) is 24.3 Å². The summed E-state index contributed by atoms with van der Waals surface area (Å²) in [5, 5.41) is 0. The van der Waals surface area contributed by atoms with Gasteiger partial charge in [-0.2, -0.15) is 0 Å². The zero-order chi connectivity index (χ0) is 12.1. The highest BCUT2D eigenvalue weighted by Gasteiger charge is 2.08. The van der Waals surface area contributed by atoms with Gasteiger partial charge in [-0.05, 0) is 38.5 Å².